The summed E-state index contributed by atoms with van der Waals surface area (Å²) in [5, 5.41) is 17.0. The Kier molecular flexibility index (Phi) is 4.72. The van der Waals surface area contributed by atoms with Crippen molar-refractivity contribution in [2.75, 3.05) is 16.5 Å². The highest BCUT2D eigenvalue weighted by atomic mass is 16.3. The average molecular weight is 354 g/mol. The van der Waals surface area contributed by atoms with E-state index < -0.39 is 12.0 Å². The molecule has 0 bridgehead atoms. The maximum absolute atomic E-state index is 11.8. The van der Waals surface area contributed by atoms with Crippen molar-refractivity contribution < 1.29 is 9.90 Å². The summed E-state index contributed by atoms with van der Waals surface area (Å²) in [5.74, 6) is -0.405. The van der Waals surface area contributed by atoms with Crippen LogP contribution in [-0.2, 0) is 4.79 Å². The minimum Gasteiger partial charge on any atom is -0.399 e. The number of benzene rings is 2. The number of H-pyrrole nitrogens is 2. The Bertz CT molecular complexity index is 1040. The van der Waals surface area contributed by atoms with Crippen molar-refractivity contribution in [2.24, 2.45) is 5.10 Å². The molecule has 0 amide bonds. The predicted molar refractivity (Wildman–Crippen MR) is 101 cm³/mol. The highest BCUT2D eigenvalue weighted by Gasteiger charge is 2.18. The van der Waals surface area contributed by atoms with E-state index in [-0.39, 0.29) is 11.4 Å². The van der Waals surface area contributed by atoms with Gasteiger partial charge in [-0.05, 0) is 36.4 Å². The van der Waals surface area contributed by atoms with Crippen LogP contribution in [-0.4, -0.2) is 32.8 Å². The SMILES string of the molecule is CC(=O)/C(=N/Nc1ccc2[nH]c(=O)[nH]c2c1)C(O)Nc1cccc(N)c1. The van der Waals surface area contributed by atoms with Crippen molar-refractivity contribution in [2.45, 2.75) is 13.2 Å². The van der Waals surface area contributed by atoms with Crippen LogP contribution in [0.5, 0.6) is 0 Å². The molecule has 134 valence electrons. The van der Waals surface area contributed by atoms with E-state index in [1.807, 2.05) is 0 Å². The number of aliphatic hydroxyl groups is 1. The van der Waals surface area contributed by atoms with E-state index in [1.54, 1.807) is 42.5 Å². The molecule has 3 rings (SSSR count). The molecule has 0 aliphatic rings. The number of carbonyl (C=O) groups excluding carboxylic acids is 1. The largest absolute Gasteiger partial charge is 0.399 e. The molecule has 0 fully saturated rings. The number of hydrogen-bond donors (Lipinski definition) is 6. The lowest BCUT2D eigenvalue weighted by Crippen LogP contribution is -2.34. The fourth-order valence-corrected chi connectivity index (χ4v) is 2.41. The average Bonchev–Trinajstić information content (AvgIpc) is 2.94. The molecule has 2 aromatic carbocycles. The first-order chi connectivity index (χ1) is 12.4. The summed E-state index contributed by atoms with van der Waals surface area (Å²) in [4.78, 5) is 28.4. The third-order valence-corrected chi connectivity index (χ3v) is 3.63. The molecule has 1 heterocycles. The first-order valence-corrected chi connectivity index (χ1v) is 7.79. The van der Waals surface area contributed by atoms with Crippen molar-refractivity contribution in [1.29, 1.82) is 0 Å². The molecule has 0 saturated carbocycles. The standard InChI is InChI=1S/C17H18N6O3/c1-9(24)15(16(25)19-11-4-2-3-10(18)7-11)23-22-12-5-6-13-14(8-12)21-17(26)20-13/h2-8,16,19,22,25H,18H2,1H3,(H2,20,21,26)/b23-15-. The van der Waals surface area contributed by atoms with Crippen LogP contribution in [0.1, 0.15) is 6.92 Å². The van der Waals surface area contributed by atoms with Gasteiger partial charge in [0, 0.05) is 18.3 Å². The topological polar surface area (TPSA) is 148 Å². The molecule has 0 aliphatic heterocycles. The van der Waals surface area contributed by atoms with Crippen molar-refractivity contribution >= 4 is 39.6 Å². The monoisotopic (exact) mass is 354 g/mol. The second-order valence-electron chi connectivity index (χ2n) is 5.68. The maximum atomic E-state index is 11.8. The number of nitrogens with two attached hydrogens (primary N) is 1. The molecular weight excluding hydrogens is 336 g/mol. The van der Waals surface area contributed by atoms with Crippen LogP contribution in [0.15, 0.2) is 52.4 Å². The van der Waals surface area contributed by atoms with Crippen LogP contribution >= 0.6 is 0 Å². The molecule has 7 N–H and O–H groups in total. The van der Waals surface area contributed by atoms with Gasteiger partial charge in [0.2, 0.25) is 0 Å². The van der Waals surface area contributed by atoms with Crippen molar-refractivity contribution in [3.8, 4) is 0 Å². The lowest BCUT2D eigenvalue weighted by molar-refractivity contribution is -0.111. The Balaban J connectivity index is 1.79. The number of rotatable bonds is 6. The van der Waals surface area contributed by atoms with E-state index in [0.29, 0.717) is 28.1 Å². The highest BCUT2D eigenvalue weighted by molar-refractivity contribution is 6.41. The lowest BCUT2D eigenvalue weighted by atomic mass is 10.2. The van der Waals surface area contributed by atoms with Crippen LogP contribution in [0.4, 0.5) is 17.1 Å². The summed E-state index contributed by atoms with van der Waals surface area (Å²) in [7, 11) is 0. The van der Waals surface area contributed by atoms with Crippen molar-refractivity contribution in [1.82, 2.24) is 9.97 Å². The molecule has 0 aliphatic carbocycles. The summed E-state index contributed by atoms with van der Waals surface area (Å²) in [6.45, 7) is 1.30. The Hall–Kier alpha value is -3.59. The van der Waals surface area contributed by atoms with Gasteiger partial charge in [-0.1, -0.05) is 6.07 Å². The van der Waals surface area contributed by atoms with Gasteiger partial charge in [-0.2, -0.15) is 5.10 Å². The van der Waals surface area contributed by atoms with Crippen LogP contribution in [0.2, 0.25) is 0 Å². The maximum Gasteiger partial charge on any atom is 0.323 e. The van der Waals surface area contributed by atoms with E-state index in [0.717, 1.165) is 0 Å². The lowest BCUT2D eigenvalue weighted by Gasteiger charge is -2.15. The third kappa shape index (κ3) is 3.90. The fraction of sp³-hybridized carbons (Fsp3) is 0.118. The zero-order valence-electron chi connectivity index (χ0n) is 13.9. The van der Waals surface area contributed by atoms with Crippen LogP contribution < -0.4 is 22.2 Å². The summed E-state index contributed by atoms with van der Waals surface area (Å²) >= 11 is 0. The van der Waals surface area contributed by atoms with Crippen molar-refractivity contribution in [3.05, 3.63) is 52.9 Å². The number of hydrazone groups is 1. The summed E-state index contributed by atoms with van der Waals surface area (Å²) in [6, 6.07) is 11.8. The van der Waals surface area contributed by atoms with Gasteiger partial charge in [0.15, 0.2) is 17.7 Å². The smallest absolute Gasteiger partial charge is 0.323 e. The first kappa shape index (κ1) is 17.2. The highest BCUT2D eigenvalue weighted by Crippen LogP contribution is 2.15. The summed E-state index contributed by atoms with van der Waals surface area (Å²) in [6.07, 6.45) is -1.32. The van der Waals surface area contributed by atoms with Gasteiger partial charge in [-0.3, -0.25) is 10.2 Å². The molecule has 3 aromatic rings. The van der Waals surface area contributed by atoms with E-state index in [1.165, 1.54) is 6.92 Å². The van der Waals surface area contributed by atoms with Gasteiger partial charge in [0.05, 0.1) is 16.7 Å². The number of aromatic nitrogens is 2. The predicted octanol–water partition coefficient (Wildman–Crippen LogP) is 1.23. The molecule has 0 radical (unpaired) electrons. The summed E-state index contributed by atoms with van der Waals surface area (Å²) < 4.78 is 0. The van der Waals surface area contributed by atoms with Crippen LogP contribution in [0.25, 0.3) is 11.0 Å². The van der Waals surface area contributed by atoms with Gasteiger partial charge in [0.1, 0.15) is 0 Å². The molecule has 1 unspecified atom stereocenters. The van der Waals surface area contributed by atoms with Crippen LogP contribution in [0, 0.1) is 0 Å². The third-order valence-electron chi connectivity index (χ3n) is 3.63. The van der Waals surface area contributed by atoms with Crippen molar-refractivity contribution in [3.63, 3.8) is 0 Å². The minimum absolute atomic E-state index is 0.102. The van der Waals surface area contributed by atoms with E-state index in [4.69, 9.17) is 5.73 Å². The number of aromatic amines is 2. The normalized spacial score (nSPS) is 12.8. The Morgan fingerprint density at radius 1 is 1.15 bits per heavy atom. The number of ketones is 1. The number of hydrogen-bond acceptors (Lipinski definition) is 7. The number of fused-ring (bicyclic) bond motifs is 1. The van der Waals surface area contributed by atoms with E-state index >= 15 is 0 Å². The number of anilines is 3. The van der Waals surface area contributed by atoms with Gasteiger partial charge in [-0.15, -0.1) is 0 Å². The molecule has 0 saturated heterocycles. The Morgan fingerprint density at radius 2 is 1.92 bits per heavy atom. The quantitative estimate of drug-likeness (QED) is 0.170. The summed E-state index contributed by atoms with van der Waals surface area (Å²) in [5.41, 5.74) is 10.9. The first-order valence-electron chi connectivity index (χ1n) is 7.79. The van der Waals surface area contributed by atoms with Crippen LogP contribution in [0.3, 0.4) is 0 Å². The second-order valence-corrected chi connectivity index (χ2v) is 5.68. The van der Waals surface area contributed by atoms with Gasteiger partial charge in [-0.25, -0.2) is 4.79 Å². The minimum atomic E-state index is -1.32. The van der Waals surface area contributed by atoms with E-state index in [9.17, 15) is 14.7 Å². The number of carbonyl (C=O) groups is 1. The zero-order valence-corrected chi connectivity index (χ0v) is 13.9. The zero-order chi connectivity index (χ0) is 18.7. The number of nitrogens with one attached hydrogen (secondary N) is 4. The molecule has 1 aromatic heterocycles. The molecule has 9 heteroatoms. The second kappa shape index (κ2) is 7.11. The Labute approximate surface area is 147 Å². The molecular formula is C17H18N6O3. The number of nitrogens with zero attached hydrogens (tertiary/aromatic N) is 1. The fourth-order valence-electron chi connectivity index (χ4n) is 2.41. The molecule has 9 nitrogen and oxygen atoms in total. The number of imidazole rings is 1. The van der Waals surface area contributed by atoms with E-state index in [2.05, 4.69) is 25.8 Å². The number of aliphatic hydroxyl groups excluding tert-OH is 1. The number of Topliss-reactive ketones (excluding diaryl/α,β-unsaturated/α-hetero) is 1. The van der Waals surface area contributed by atoms with Gasteiger partial charge in [0.25, 0.3) is 0 Å². The molecule has 0 spiro atoms. The van der Waals surface area contributed by atoms with Gasteiger partial charge < -0.3 is 26.1 Å². The Morgan fingerprint density at radius 3 is 2.65 bits per heavy atom. The number of nitrogen functional groups attached to an aromatic ring is 1. The molecule has 1 atom stereocenters. The molecule has 26 heavy (non-hydrogen) atoms. The van der Waals surface area contributed by atoms with Gasteiger partial charge >= 0.3 is 5.69 Å².